The SMILES string of the molecule is CC1CNCC1CN1CCS(=O)(=O)CC1C. The van der Waals surface area contributed by atoms with Crippen LogP contribution in [-0.2, 0) is 9.84 Å². The maximum absolute atomic E-state index is 11.5. The zero-order valence-corrected chi connectivity index (χ0v) is 11.0. The summed E-state index contributed by atoms with van der Waals surface area (Å²) in [5.41, 5.74) is 0. The van der Waals surface area contributed by atoms with Crippen LogP contribution in [0.4, 0.5) is 0 Å². The molecule has 0 aromatic rings. The molecule has 3 unspecified atom stereocenters. The minimum atomic E-state index is -2.77. The molecule has 0 aromatic carbocycles. The fraction of sp³-hybridized carbons (Fsp3) is 1.00. The topological polar surface area (TPSA) is 49.4 Å². The first kappa shape index (κ1) is 12.3. The number of hydrogen-bond acceptors (Lipinski definition) is 4. The van der Waals surface area contributed by atoms with Gasteiger partial charge in [0.2, 0.25) is 0 Å². The Hall–Kier alpha value is -0.130. The van der Waals surface area contributed by atoms with Crippen molar-refractivity contribution in [3.63, 3.8) is 0 Å². The summed E-state index contributed by atoms with van der Waals surface area (Å²) in [6, 6.07) is 0.187. The van der Waals surface area contributed by atoms with Crippen molar-refractivity contribution in [3.8, 4) is 0 Å². The van der Waals surface area contributed by atoms with Gasteiger partial charge in [-0.3, -0.25) is 4.90 Å². The Morgan fingerprint density at radius 3 is 2.62 bits per heavy atom. The van der Waals surface area contributed by atoms with Crippen molar-refractivity contribution in [2.45, 2.75) is 19.9 Å². The second kappa shape index (κ2) is 4.63. The minimum absolute atomic E-state index is 0.187. The third-order valence-electron chi connectivity index (χ3n) is 3.95. The van der Waals surface area contributed by atoms with Gasteiger partial charge in [-0.25, -0.2) is 8.42 Å². The Balaban J connectivity index is 1.91. The average Bonchev–Trinajstić information content (AvgIpc) is 2.56. The Morgan fingerprint density at radius 2 is 2.06 bits per heavy atom. The van der Waals surface area contributed by atoms with Crippen molar-refractivity contribution < 1.29 is 8.42 Å². The Labute approximate surface area is 98.3 Å². The number of rotatable bonds is 2. The number of nitrogens with zero attached hydrogens (tertiary/aromatic N) is 1. The van der Waals surface area contributed by atoms with E-state index in [1.54, 1.807) is 0 Å². The summed E-state index contributed by atoms with van der Waals surface area (Å²) in [5, 5.41) is 3.40. The van der Waals surface area contributed by atoms with Gasteiger partial charge in [-0.1, -0.05) is 6.92 Å². The first-order chi connectivity index (χ1) is 7.48. The zero-order valence-electron chi connectivity index (χ0n) is 10.1. The molecule has 0 radical (unpaired) electrons. The molecule has 1 N–H and O–H groups in total. The first-order valence-electron chi connectivity index (χ1n) is 6.13. The quantitative estimate of drug-likeness (QED) is 0.743. The molecule has 0 aromatic heterocycles. The number of sulfone groups is 1. The van der Waals surface area contributed by atoms with Crippen LogP contribution in [0.25, 0.3) is 0 Å². The molecule has 2 aliphatic rings. The lowest BCUT2D eigenvalue weighted by Crippen LogP contribution is -2.49. The van der Waals surface area contributed by atoms with Crippen LogP contribution in [0.2, 0.25) is 0 Å². The van der Waals surface area contributed by atoms with Gasteiger partial charge in [0.1, 0.15) is 0 Å². The molecule has 2 fully saturated rings. The molecule has 0 aliphatic carbocycles. The average molecular weight is 246 g/mol. The maximum Gasteiger partial charge on any atom is 0.153 e. The van der Waals surface area contributed by atoms with Crippen LogP contribution in [0.15, 0.2) is 0 Å². The molecule has 0 bridgehead atoms. The van der Waals surface area contributed by atoms with Crippen molar-refractivity contribution in [3.05, 3.63) is 0 Å². The molecular formula is C11H22N2O2S. The molecule has 0 amide bonds. The highest BCUT2D eigenvalue weighted by molar-refractivity contribution is 7.91. The Bertz CT molecular complexity index is 342. The van der Waals surface area contributed by atoms with Gasteiger partial charge in [-0.05, 0) is 31.8 Å². The zero-order chi connectivity index (χ0) is 11.8. The van der Waals surface area contributed by atoms with E-state index in [0.29, 0.717) is 29.9 Å². The summed E-state index contributed by atoms with van der Waals surface area (Å²) < 4.78 is 22.9. The van der Waals surface area contributed by atoms with Crippen LogP contribution in [-0.4, -0.2) is 57.0 Å². The number of nitrogens with one attached hydrogen (secondary N) is 1. The van der Waals surface area contributed by atoms with Crippen LogP contribution in [0, 0.1) is 11.8 Å². The smallest absolute Gasteiger partial charge is 0.153 e. The molecule has 3 atom stereocenters. The van der Waals surface area contributed by atoms with Gasteiger partial charge in [0.05, 0.1) is 11.5 Å². The van der Waals surface area contributed by atoms with Gasteiger partial charge in [-0.2, -0.15) is 0 Å². The van der Waals surface area contributed by atoms with Gasteiger partial charge in [0.15, 0.2) is 9.84 Å². The summed E-state index contributed by atoms with van der Waals surface area (Å²) in [6.45, 7) is 8.25. The molecule has 94 valence electrons. The number of hydrogen-bond donors (Lipinski definition) is 1. The van der Waals surface area contributed by atoms with Crippen LogP contribution in [0.5, 0.6) is 0 Å². The highest BCUT2D eigenvalue weighted by atomic mass is 32.2. The van der Waals surface area contributed by atoms with E-state index in [-0.39, 0.29) is 6.04 Å². The Kier molecular flexibility index (Phi) is 3.56. The van der Waals surface area contributed by atoms with E-state index in [1.807, 2.05) is 6.92 Å². The molecular weight excluding hydrogens is 224 g/mol. The van der Waals surface area contributed by atoms with E-state index in [2.05, 4.69) is 17.1 Å². The second-order valence-corrected chi connectivity index (χ2v) is 7.58. The van der Waals surface area contributed by atoms with Gasteiger partial charge in [-0.15, -0.1) is 0 Å². The van der Waals surface area contributed by atoms with Gasteiger partial charge < -0.3 is 5.32 Å². The summed E-state index contributed by atoms with van der Waals surface area (Å²) in [7, 11) is -2.77. The highest BCUT2D eigenvalue weighted by Crippen LogP contribution is 2.20. The summed E-state index contributed by atoms with van der Waals surface area (Å²) in [5.74, 6) is 2.07. The monoisotopic (exact) mass is 246 g/mol. The van der Waals surface area contributed by atoms with Gasteiger partial charge in [0.25, 0.3) is 0 Å². The van der Waals surface area contributed by atoms with E-state index in [1.165, 1.54) is 0 Å². The van der Waals surface area contributed by atoms with E-state index < -0.39 is 9.84 Å². The molecule has 5 heteroatoms. The lowest BCUT2D eigenvalue weighted by molar-refractivity contribution is 0.182. The molecule has 0 spiro atoms. The van der Waals surface area contributed by atoms with Crippen molar-refractivity contribution in [2.24, 2.45) is 11.8 Å². The van der Waals surface area contributed by atoms with Gasteiger partial charge >= 0.3 is 0 Å². The van der Waals surface area contributed by atoms with Crippen molar-refractivity contribution in [1.82, 2.24) is 10.2 Å². The summed E-state index contributed by atoms with van der Waals surface area (Å²) in [4.78, 5) is 2.34. The molecule has 0 saturated carbocycles. The standard InChI is InChI=1S/C11H22N2O2S/c1-9-5-12-6-11(9)7-13-3-4-16(14,15)8-10(13)2/h9-12H,3-8H2,1-2H3. The maximum atomic E-state index is 11.5. The normalized spacial score (nSPS) is 40.0. The molecule has 2 saturated heterocycles. The summed E-state index contributed by atoms with van der Waals surface area (Å²) >= 11 is 0. The van der Waals surface area contributed by atoms with Gasteiger partial charge in [0, 0.05) is 19.1 Å². The van der Waals surface area contributed by atoms with Crippen LogP contribution < -0.4 is 5.32 Å². The van der Waals surface area contributed by atoms with Crippen molar-refractivity contribution in [2.75, 3.05) is 37.7 Å². The molecule has 2 heterocycles. The first-order valence-corrected chi connectivity index (χ1v) is 7.95. The molecule has 4 nitrogen and oxygen atoms in total. The third kappa shape index (κ3) is 2.76. The molecule has 2 rings (SSSR count). The fourth-order valence-corrected chi connectivity index (χ4v) is 4.34. The van der Waals surface area contributed by atoms with Crippen LogP contribution in [0.3, 0.4) is 0 Å². The highest BCUT2D eigenvalue weighted by Gasteiger charge is 2.32. The van der Waals surface area contributed by atoms with E-state index in [9.17, 15) is 8.42 Å². The minimum Gasteiger partial charge on any atom is -0.316 e. The van der Waals surface area contributed by atoms with E-state index >= 15 is 0 Å². The second-order valence-electron chi connectivity index (χ2n) is 5.35. The van der Waals surface area contributed by atoms with E-state index in [0.717, 1.165) is 19.6 Å². The predicted octanol–water partition coefficient (Wildman–Crippen LogP) is -0.0392. The lowest BCUT2D eigenvalue weighted by Gasteiger charge is -2.35. The van der Waals surface area contributed by atoms with Crippen molar-refractivity contribution in [1.29, 1.82) is 0 Å². The van der Waals surface area contributed by atoms with E-state index in [4.69, 9.17) is 0 Å². The third-order valence-corrected chi connectivity index (χ3v) is 5.75. The summed E-state index contributed by atoms with van der Waals surface area (Å²) in [6.07, 6.45) is 0. The Morgan fingerprint density at radius 1 is 1.31 bits per heavy atom. The molecule has 16 heavy (non-hydrogen) atoms. The molecule has 2 aliphatic heterocycles. The van der Waals surface area contributed by atoms with Crippen molar-refractivity contribution >= 4 is 9.84 Å². The predicted molar refractivity (Wildman–Crippen MR) is 65.2 cm³/mol. The lowest BCUT2D eigenvalue weighted by atomic mass is 9.97. The largest absolute Gasteiger partial charge is 0.316 e. The van der Waals surface area contributed by atoms with Crippen LogP contribution >= 0.6 is 0 Å². The van der Waals surface area contributed by atoms with Crippen LogP contribution in [0.1, 0.15) is 13.8 Å². The fourth-order valence-electron chi connectivity index (χ4n) is 2.71.